The Morgan fingerprint density at radius 1 is 1.47 bits per heavy atom. The lowest BCUT2D eigenvalue weighted by molar-refractivity contribution is 0.124. The molecule has 0 aliphatic carbocycles. The van der Waals surface area contributed by atoms with Gasteiger partial charge in [0.25, 0.3) is 0 Å². The van der Waals surface area contributed by atoms with Crippen molar-refractivity contribution in [3.8, 4) is 0 Å². The third-order valence-corrected chi connectivity index (χ3v) is 2.77. The highest BCUT2D eigenvalue weighted by Gasteiger charge is 2.11. The van der Waals surface area contributed by atoms with Crippen LogP contribution < -0.4 is 11.3 Å². The zero-order valence-electron chi connectivity index (χ0n) is 10.9. The molecule has 1 aromatic rings. The number of ether oxygens (including phenoxy) is 1. The van der Waals surface area contributed by atoms with E-state index < -0.39 is 0 Å². The molecule has 0 amide bonds. The number of nitrogens with one attached hydrogen (secondary N) is 1. The van der Waals surface area contributed by atoms with Crippen molar-refractivity contribution in [3.63, 3.8) is 0 Å². The van der Waals surface area contributed by atoms with Crippen LogP contribution in [0.15, 0.2) is 12.4 Å². The van der Waals surface area contributed by atoms with Crippen LogP contribution in [0.2, 0.25) is 0 Å². The first kappa shape index (κ1) is 14.2. The third-order valence-electron chi connectivity index (χ3n) is 2.77. The maximum atomic E-state index is 5.55. The summed E-state index contributed by atoms with van der Waals surface area (Å²) in [5.41, 5.74) is 2.84. The summed E-state index contributed by atoms with van der Waals surface area (Å²) in [6.07, 6.45) is 6.64. The number of nitrogens with two attached hydrogens (primary N) is 1. The van der Waals surface area contributed by atoms with Crippen molar-refractivity contribution in [1.82, 2.24) is 15.0 Å². The van der Waals surface area contributed by atoms with Crippen molar-refractivity contribution < 1.29 is 4.74 Å². The van der Waals surface area contributed by atoms with Gasteiger partial charge in [-0.05, 0) is 19.8 Å². The fraction of sp³-hybridized carbons (Fsp3) is 0.750. The molecule has 3 N–H and O–H groups in total. The SMILES string of the molecule is CCCOCCC(Cc1nccn1CC)NN. The molecule has 5 heteroatoms. The van der Waals surface area contributed by atoms with E-state index in [9.17, 15) is 0 Å². The van der Waals surface area contributed by atoms with Gasteiger partial charge in [-0.3, -0.25) is 11.3 Å². The fourth-order valence-electron chi connectivity index (χ4n) is 1.75. The van der Waals surface area contributed by atoms with Gasteiger partial charge < -0.3 is 9.30 Å². The Kier molecular flexibility index (Phi) is 6.84. The number of hydrazine groups is 1. The normalized spacial score (nSPS) is 12.9. The Hall–Kier alpha value is -0.910. The topological polar surface area (TPSA) is 65.1 Å². The maximum Gasteiger partial charge on any atom is 0.110 e. The highest BCUT2D eigenvalue weighted by molar-refractivity contribution is 4.95. The van der Waals surface area contributed by atoms with E-state index in [4.69, 9.17) is 10.6 Å². The second kappa shape index (κ2) is 8.22. The van der Waals surface area contributed by atoms with Crippen LogP contribution in [0.3, 0.4) is 0 Å². The molecule has 98 valence electrons. The van der Waals surface area contributed by atoms with Crippen molar-refractivity contribution in [3.05, 3.63) is 18.2 Å². The molecule has 1 aromatic heterocycles. The van der Waals surface area contributed by atoms with Gasteiger partial charge in [-0.1, -0.05) is 6.92 Å². The van der Waals surface area contributed by atoms with Crippen LogP contribution >= 0.6 is 0 Å². The van der Waals surface area contributed by atoms with Crippen LogP contribution in [0.25, 0.3) is 0 Å². The highest BCUT2D eigenvalue weighted by atomic mass is 16.5. The van der Waals surface area contributed by atoms with Crippen molar-refractivity contribution in [1.29, 1.82) is 0 Å². The molecule has 1 unspecified atom stereocenters. The van der Waals surface area contributed by atoms with Gasteiger partial charge in [-0.15, -0.1) is 0 Å². The lowest BCUT2D eigenvalue weighted by Gasteiger charge is -2.16. The van der Waals surface area contributed by atoms with Crippen molar-refractivity contribution in [2.24, 2.45) is 5.84 Å². The zero-order valence-corrected chi connectivity index (χ0v) is 10.9. The molecule has 1 heterocycles. The number of imidazole rings is 1. The minimum absolute atomic E-state index is 0.222. The van der Waals surface area contributed by atoms with Crippen LogP contribution in [-0.4, -0.2) is 28.8 Å². The monoisotopic (exact) mass is 240 g/mol. The molecule has 0 aliphatic rings. The van der Waals surface area contributed by atoms with Gasteiger partial charge in [-0.2, -0.15) is 0 Å². The standard InChI is InChI=1S/C12H24N4O/c1-3-8-17-9-5-11(15-13)10-12-14-6-7-16(12)4-2/h6-7,11,15H,3-5,8-10,13H2,1-2H3. The molecule has 0 saturated carbocycles. The van der Waals surface area contributed by atoms with E-state index in [1.165, 1.54) is 0 Å². The maximum absolute atomic E-state index is 5.55. The van der Waals surface area contributed by atoms with Gasteiger partial charge in [0.15, 0.2) is 0 Å². The Morgan fingerprint density at radius 2 is 2.29 bits per heavy atom. The van der Waals surface area contributed by atoms with Gasteiger partial charge in [0.05, 0.1) is 0 Å². The van der Waals surface area contributed by atoms with Gasteiger partial charge >= 0.3 is 0 Å². The van der Waals surface area contributed by atoms with Crippen molar-refractivity contribution in [2.75, 3.05) is 13.2 Å². The van der Waals surface area contributed by atoms with E-state index in [-0.39, 0.29) is 6.04 Å². The number of aryl methyl sites for hydroxylation is 1. The summed E-state index contributed by atoms with van der Waals surface area (Å²) >= 11 is 0. The van der Waals surface area contributed by atoms with Gasteiger partial charge in [0, 0.05) is 44.6 Å². The number of nitrogens with zero attached hydrogens (tertiary/aromatic N) is 2. The number of hydrogen-bond acceptors (Lipinski definition) is 4. The molecule has 0 spiro atoms. The molecule has 0 aromatic carbocycles. The van der Waals surface area contributed by atoms with Crippen LogP contribution in [0, 0.1) is 0 Å². The molecule has 1 rings (SSSR count). The van der Waals surface area contributed by atoms with E-state index in [2.05, 4.69) is 28.8 Å². The molecule has 17 heavy (non-hydrogen) atoms. The second-order valence-corrected chi connectivity index (χ2v) is 4.10. The first-order valence-corrected chi connectivity index (χ1v) is 6.35. The third kappa shape index (κ3) is 4.85. The van der Waals surface area contributed by atoms with Crippen LogP contribution in [-0.2, 0) is 17.7 Å². The van der Waals surface area contributed by atoms with Crippen molar-refractivity contribution >= 4 is 0 Å². The summed E-state index contributed by atoms with van der Waals surface area (Å²) in [7, 11) is 0. The Bertz CT molecular complexity index is 300. The highest BCUT2D eigenvalue weighted by Crippen LogP contribution is 2.04. The molecule has 0 aliphatic heterocycles. The first-order chi connectivity index (χ1) is 8.31. The lowest BCUT2D eigenvalue weighted by atomic mass is 10.1. The largest absolute Gasteiger partial charge is 0.381 e. The van der Waals surface area contributed by atoms with Gasteiger partial charge in [0.2, 0.25) is 0 Å². The number of rotatable bonds is 9. The zero-order chi connectivity index (χ0) is 12.5. The number of aromatic nitrogens is 2. The summed E-state index contributed by atoms with van der Waals surface area (Å²) in [6, 6.07) is 0.222. The molecule has 5 nitrogen and oxygen atoms in total. The van der Waals surface area contributed by atoms with Gasteiger partial charge in [0.1, 0.15) is 5.82 Å². The molecule has 1 atom stereocenters. The average Bonchev–Trinajstić information content (AvgIpc) is 2.80. The predicted molar refractivity (Wildman–Crippen MR) is 68.4 cm³/mol. The smallest absolute Gasteiger partial charge is 0.110 e. The van der Waals surface area contributed by atoms with Crippen LogP contribution in [0.4, 0.5) is 0 Å². The second-order valence-electron chi connectivity index (χ2n) is 4.10. The minimum Gasteiger partial charge on any atom is -0.381 e. The summed E-state index contributed by atoms with van der Waals surface area (Å²) in [5.74, 6) is 6.63. The Balaban J connectivity index is 2.35. The number of hydrogen-bond donors (Lipinski definition) is 2. The lowest BCUT2D eigenvalue weighted by Crippen LogP contribution is -2.38. The molecular formula is C12H24N4O. The summed E-state index contributed by atoms with van der Waals surface area (Å²) in [4.78, 5) is 4.35. The molecule has 0 fully saturated rings. The first-order valence-electron chi connectivity index (χ1n) is 6.35. The van der Waals surface area contributed by atoms with Gasteiger partial charge in [-0.25, -0.2) is 4.98 Å². The average molecular weight is 240 g/mol. The molecular weight excluding hydrogens is 216 g/mol. The minimum atomic E-state index is 0.222. The van der Waals surface area contributed by atoms with Crippen molar-refractivity contribution in [2.45, 2.75) is 45.7 Å². The molecule has 0 bridgehead atoms. The predicted octanol–water partition coefficient (Wildman–Crippen LogP) is 1.09. The van der Waals surface area contributed by atoms with E-state index in [1.54, 1.807) is 0 Å². The Labute approximate surface area is 103 Å². The quantitative estimate of drug-likeness (QED) is 0.385. The summed E-state index contributed by atoms with van der Waals surface area (Å²) < 4.78 is 7.60. The molecule has 0 saturated heterocycles. The molecule has 0 radical (unpaired) electrons. The summed E-state index contributed by atoms with van der Waals surface area (Å²) in [5, 5.41) is 0. The fourth-order valence-corrected chi connectivity index (χ4v) is 1.75. The van der Waals surface area contributed by atoms with Crippen LogP contribution in [0.1, 0.15) is 32.5 Å². The Morgan fingerprint density at radius 3 is 2.94 bits per heavy atom. The van der Waals surface area contributed by atoms with E-state index in [1.807, 2.05) is 12.4 Å². The van der Waals surface area contributed by atoms with E-state index in [0.717, 1.165) is 44.8 Å². The van der Waals surface area contributed by atoms with E-state index in [0.29, 0.717) is 0 Å². The van der Waals surface area contributed by atoms with E-state index >= 15 is 0 Å². The summed E-state index contributed by atoms with van der Waals surface area (Å²) in [6.45, 7) is 6.73. The van der Waals surface area contributed by atoms with Crippen LogP contribution in [0.5, 0.6) is 0 Å².